The van der Waals surface area contributed by atoms with Crippen LogP contribution in [0.15, 0.2) is 24.3 Å². The minimum atomic E-state index is 0. The average molecular weight is 317 g/mol. The first-order valence-corrected chi connectivity index (χ1v) is 7.94. The van der Waals surface area contributed by atoms with Gasteiger partial charge in [0, 0.05) is 17.0 Å². The number of hydrogen-bond acceptors (Lipinski definition) is 3. The summed E-state index contributed by atoms with van der Waals surface area (Å²) in [5.41, 5.74) is 7.34. The molecule has 0 bridgehead atoms. The number of thioether (sulfide) groups is 1. The lowest BCUT2D eigenvalue weighted by molar-refractivity contribution is -0.120. The second kappa shape index (κ2) is 9.14. The number of benzene rings is 1. The molecule has 0 aliphatic carbocycles. The van der Waals surface area contributed by atoms with Crippen LogP contribution in [0.2, 0.25) is 0 Å². The predicted octanol–water partition coefficient (Wildman–Crippen LogP) is 3.27. The van der Waals surface area contributed by atoms with Gasteiger partial charge in [-0.1, -0.05) is 26.0 Å². The van der Waals surface area contributed by atoms with Crippen molar-refractivity contribution in [1.82, 2.24) is 5.32 Å². The van der Waals surface area contributed by atoms with Crippen molar-refractivity contribution in [3.05, 3.63) is 29.8 Å². The monoisotopic (exact) mass is 316 g/mol. The van der Waals surface area contributed by atoms with E-state index < -0.39 is 0 Å². The van der Waals surface area contributed by atoms with E-state index in [1.807, 2.05) is 36.0 Å². The summed E-state index contributed by atoms with van der Waals surface area (Å²) in [7, 11) is 0. The maximum Gasteiger partial charge on any atom is 0.224 e. The maximum absolute atomic E-state index is 11.9. The predicted molar refractivity (Wildman–Crippen MR) is 91.6 cm³/mol. The molecule has 0 spiro atoms. The second-order valence-corrected chi connectivity index (χ2v) is 6.06. The molecule has 0 radical (unpaired) electrons. The van der Waals surface area contributed by atoms with Crippen LogP contribution in [-0.4, -0.2) is 23.5 Å². The van der Waals surface area contributed by atoms with E-state index >= 15 is 0 Å². The highest BCUT2D eigenvalue weighted by molar-refractivity contribution is 8.00. The van der Waals surface area contributed by atoms with Crippen LogP contribution in [0, 0.1) is 0 Å². The lowest BCUT2D eigenvalue weighted by Gasteiger charge is -2.29. The lowest BCUT2D eigenvalue weighted by atomic mass is 10.0. The molecule has 1 aromatic carbocycles. The Morgan fingerprint density at radius 1 is 1.25 bits per heavy atom. The Bertz CT molecular complexity index is 397. The second-order valence-electron chi connectivity index (χ2n) is 4.79. The minimum Gasteiger partial charge on any atom is -0.399 e. The fourth-order valence-corrected chi connectivity index (χ4v) is 2.80. The third-order valence-electron chi connectivity index (χ3n) is 3.67. The summed E-state index contributed by atoms with van der Waals surface area (Å²) in [5, 5.41) is 3.05. The lowest BCUT2D eigenvalue weighted by Crippen LogP contribution is -2.40. The van der Waals surface area contributed by atoms with Gasteiger partial charge in [0.25, 0.3) is 0 Å². The average Bonchev–Trinajstić information content (AvgIpc) is 2.44. The number of halogens is 1. The Labute approximate surface area is 132 Å². The molecule has 5 heteroatoms. The fourth-order valence-electron chi connectivity index (χ4n) is 2.00. The number of amides is 1. The Balaban J connectivity index is 0.00000361. The van der Waals surface area contributed by atoms with Gasteiger partial charge in [-0.05, 0) is 36.8 Å². The van der Waals surface area contributed by atoms with Crippen molar-refractivity contribution in [2.45, 2.75) is 37.9 Å². The number of rotatable bonds is 7. The summed E-state index contributed by atoms with van der Waals surface area (Å²) in [6.45, 7) is 5.08. The van der Waals surface area contributed by atoms with E-state index in [-0.39, 0.29) is 23.1 Å². The van der Waals surface area contributed by atoms with E-state index in [0.717, 1.165) is 30.6 Å². The summed E-state index contributed by atoms with van der Waals surface area (Å²) in [4.78, 5) is 11.9. The highest BCUT2D eigenvalue weighted by Gasteiger charge is 2.25. The van der Waals surface area contributed by atoms with E-state index in [9.17, 15) is 4.79 Å². The number of anilines is 1. The van der Waals surface area contributed by atoms with Gasteiger partial charge < -0.3 is 11.1 Å². The van der Waals surface area contributed by atoms with Gasteiger partial charge in [-0.15, -0.1) is 12.4 Å². The highest BCUT2D eigenvalue weighted by atomic mass is 35.5. The smallest absolute Gasteiger partial charge is 0.224 e. The first-order valence-electron chi connectivity index (χ1n) is 6.71. The molecular weight excluding hydrogens is 292 g/mol. The topological polar surface area (TPSA) is 55.1 Å². The van der Waals surface area contributed by atoms with Crippen molar-refractivity contribution in [1.29, 1.82) is 0 Å². The summed E-state index contributed by atoms with van der Waals surface area (Å²) < 4.78 is 0.163. The van der Waals surface area contributed by atoms with E-state index in [1.54, 1.807) is 0 Å². The number of hydrogen-bond donors (Lipinski definition) is 2. The molecule has 20 heavy (non-hydrogen) atoms. The molecule has 0 saturated carbocycles. The van der Waals surface area contributed by atoms with Crippen LogP contribution < -0.4 is 11.1 Å². The van der Waals surface area contributed by atoms with Crippen molar-refractivity contribution < 1.29 is 4.79 Å². The van der Waals surface area contributed by atoms with E-state index in [0.29, 0.717) is 6.42 Å². The molecule has 0 aliphatic heterocycles. The van der Waals surface area contributed by atoms with Gasteiger partial charge in [0.2, 0.25) is 5.91 Å². The van der Waals surface area contributed by atoms with Crippen LogP contribution in [0.4, 0.5) is 5.69 Å². The van der Waals surface area contributed by atoms with Crippen molar-refractivity contribution >= 4 is 35.8 Å². The van der Waals surface area contributed by atoms with E-state index in [4.69, 9.17) is 5.73 Å². The molecule has 0 atom stereocenters. The largest absolute Gasteiger partial charge is 0.399 e. The standard InChI is InChI=1S/C15H24N2OS.ClH/c1-4-15(5-2,19-3)11-17-14(18)10-12-6-8-13(16)9-7-12;/h6-9H,4-5,10-11,16H2,1-3H3,(H,17,18);1H. The van der Waals surface area contributed by atoms with Gasteiger partial charge in [-0.25, -0.2) is 0 Å². The Morgan fingerprint density at radius 2 is 1.80 bits per heavy atom. The summed E-state index contributed by atoms with van der Waals surface area (Å²) in [5.74, 6) is 0.0742. The number of nitrogens with one attached hydrogen (secondary N) is 1. The number of nitrogens with two attached hydrogens (primary N) is 1. The molecule has 0 unspecified atom stereocenters. The molecule has 0 fully saturated rings. The van der Waals surface area contributed by atoms with Gasteiger partial charge in [0.05, 0.1) is 6.42 Å². The van der Waals surface area contributed by atoms with Crippen molar-refractivity contribution in [3.8, 4) is 0 Å². The molecule has 0 aromatic heterocycles. The van der Waals surface area contributed by atoms with Gasteiger partial charge in [-0.2, -0.15) is 11.8 Å². The Kier molecular flexibility index (Phi) is 8.74. The summed E-state index contributed by atoms with van der Waals surface area (Å²) in [6, 6.07) is 7.45. The number of nitrogen functional groups attached to an aromatic ring is 1. The summed E-state index contributed by atoms with van der Waals surface area (Å²) in [6.07, 6.45) is 4.65. The molecule has 1 aromatic rings. The van der Waals surface area contributed by atoms with Gasteiger partial charge >= 0.3 is 0 Å². The zero-order chi connectivity index (χ0) is 14.3. The maximum atomic E-state index is 11.9. The van der Waals surface area contributed by atoms with E-state index in [2.05, 4.69) is 25.4 Å². The summed E-state index contributed by atoms with van der Waals surface area (Å²) >= 11 is 1.84. The normalized spacial score (nSPS) is 10.8. The van der Waals surface area contributed by atoms with Crippen molar-refractivity contribution in [2.24, 2.45) is 0 Å². The van der Waals surface area contributed by atoms with E-state index in [1.165, 1.54) is 0 Å². The van der Waals surface area contributed by atoms with Crippen LogP contribution in [0.1, 0.15) is 32.3 Å². The molecular formula is C15H25ClN2OS. The third-order valence-corrected chi connectivity index (χ3v) is 5.26. The number of carbonyl (C=O) groups excluding carboxylic acids is 1. The SMILES string of the molecule is CCC(CC)(CNC(=O)Cc1ccc(N)cc1)SC.Cl. The first-order chi connectivity index (χ1) is 9.05. The molecule has 1 rings (SSSR count). The zero-order valence-corrected chi connectivity index (χ0v) is 14.1. The molecule has 1 amide bonds. The number of carbonyl (C=O) groups is 1. The quantitative estimate of drug-likeness (QED) is 0.759. The molecule has 0 heterocycles. The van der Waals surface area contributed by atoms with Crippen LogP contribution in [0.25, 0.3) is 0 Å². The van der Waals surface area contributed by atoms with Crippen LogP contribution in [0.3, 0.4) is 0 Å². The third kappa shape index (κ3) is 5.63. The van der Waals surface area contributed by atoms with Crippen molar-refractivity contribution in [3.63, 3.8) is 0 Å². The Hall–Kier alpha value is -0.870. The van der Waals surface area contributed by atoms with Crippen LogP contribution in [0.5, 0.6) is 0 Å². The highest BCUT2D eigenvalue weighted by Crippen LogP contribution is 2.29. The molecule has 3 nitrogen and oxygen atoms in total. The van der Waals surface area contributed by atoms with Crippen LogP contribution >= 0.6 is 24.2 Å². The molecule has 0 aliphatic rings. The van der Waals surface area contributed by atoms with Gasteiger partial charge in [0.1, 0.15) is 0 Å². The zero-order valence-electron chi connectivity index (χ0n) is 12.4. The van der Waals surface area contributed by atoms with Gasteiger partial charge in [0.15, 0.2) is 0 Å². The van der Waals surface area contributed by atoms with Crippen molar-refractivity contribution in [2.75, 3.05) is 18.5 Å². The molecule has 3 N–H and O–H groups in total. The fraction of sp³-hybridized carbons (Fsp3) is 0.533. The minimum absolute atomic E-state index is 0. The van der Waals surface area contributed by atoms with Gasteiger partial charge in [-0.3, -0.25) is 4.79 Å². The Morgan fingerprint density at radius 3 is 2.25 bits per heavy atom. The van der Waals surface area contributed by atoms with Crippen LogP contribution in [-0.2, 0) is 11.2 Å². The molecule has 0 saturated heterocycles. The first kappa shape index (κ1) is 19.1. The molecule has 114 valence electrons.